The maximum atomic E-state index is 13.6. The molecule has 0 spiro atoms. The van der Waals surface area contributed by atoms with Gasteiger partial charge >= 0.3 is 0 Å². The number of aromatic nitrogens is 2. The minimum Gasteiger partial charge on any atom is -0.376 e. The summed E-state index contributed by atoms with van der Waals surface area (Å²) in [7, 11) is 1.84. The standard InChI is InChI=1S/C15H19F2N3/c1-15(2,3)14-10(9-20(4)19-14)8-18-13-11(16)6-5-7-12(13)17/h5-7,9,18H,8H2,1-4H3. The molecule has 20 heavy (non-hydrogen) atoms. The minimum absolute atomic E-state index is 0.101. The first-order chi connectivity index (χ1) is 9.29. The first-order valence-electron chi connectivity index (χ1n) is 6.50. The van der Waals surface area contributed by atoms with E-state index in [0.717, 1.165) is 11.3 Å². The van der Waals surface area contributed by atoms with Crippen molar-refractivity contribution in [1.29, 1.82) is 0 Å². The number of halogens is 2. The Balaban J connectivity index is 2.24. The summed E-state index contributed by atoms with van der Waals surface area (Å²) < 4.78 is 28.9. The molecule has 0 aliphatic carbocycles. The highest BCUT2D eigenvalue weighted by atomic mass is 19.1. The van der Waals surface area contributed by atoms with Gasteiger partial charge in [0.05, 0.1) is 5.69 Å². The zero-order valence-electron chi connectivity index (χ0n) is 12.2. The van der Waals surface area contributed by atoms with Crippen LogP contribution in [0.15, 0.2) is 24.4 Å². The lowest BCUT2D eigenvalue weighted by atomic mass is 9.89. The molecule has 5 heteroatoms. The second-order valence-corrected chi connectivity index (χ2v) is 5.88. The molecule has 0 unspecified atom stereocenters. The van der Waals surface area contributed by atoms with Crippen molar-refractivity contribution in [3.63, 3.8) is 0 Å². The van der Waals surface area contributed by atoms with Crippen molar-refractivity contribution >= 4 is 5.69 Å². The highest BCUT2D eigenvalue weighted by Crippen LogP contribution is 2.25. The van der Waals surface area contributed by atoms with E-state index in [1.807, 2.05) is 13.2 Å². The summed E-state index contributed by atoms with van der Waals surface area (Å²) in [5.41, 5.74) is 1.63. The predicted octanol–water partition coefficient (Wildman–Crippen LogP) is 3.61. The van der Waals surface area contributed by atoms with E-state index >= 15 is 0 Å². The van der Waals surface area contributed by atoms with E-state index in [4.69, 9.17) is 0 Å². The van der Waals surface area contributed by atoms with E-state index in [1.165, 1.54) is 18.2 Å². The Morgan fingerprint density at radius 3 is 2.35 bits per heavy atom. The van der Waals surface area contributed by atoms with Crippen LogP contribution in [-0.2, 0) is 19.0 Å². The summed E-state index contributed by atoms with van der Waals surface area (Å²) in [5, 5.41) is 7.25. The number of para-hydroxylation sites is 1. The van der Waals surface area contributed by atoms with Crippen LogP contribution < -0.4 is 5.32 Å². The molecular weight excluding hydrogens is 260 g/mol. The van der Waals surface area contributed by atoms with Crippen molar-refractivity contribution in [3.05, 3.63) is 47.3 Å². The number of hydrogen-bond donors (Lipinski definition) is 1. The van der Waals surface area contributed by atoms with Gasteiger partial charge in [-0.2, -0.15) is 5.10 Å². The first-order valence-corrected chi connectivity index (χ1v) is 6.50. The average molecular weight is 279 g/mol. The van der Waals surface area contributed by atoms with Gasteiger partial charge in [0.25, 0.3) is 0 Å². The normalized spacial score (nSPS) is 11.7. The van der Waals surface area contributed by atoms with Crippen LogP contribution in [0.1, 0.15) is 32.0 Å². The molecule has 108 valence electrons. The van der Waals surface area contributed by atoms with Gasteiger partial charge in [0, 0.05) is 30.8 Å². The summed E-state index contributed by atoms with van der Waals surface area (Å²) in [6, 6.07) is 3.82. The molecule has 0 bridgehead atoms. The maximum absolute atomic E-state index is 13.6. The third-order valence-corrected chi connectivity index (χ3v) is 3.03. The Labute approximate surface area is 117 Å². The molecule has 0 atom stereocenters. The van der Waals surface area contributed by atoms with E-state index in [2.05, 4.69) is 31.2 Å². The summed E-state index contributed by atoms with van der Waals surface area (Å²) >= 11 is 0. The first kappa shape index (κ1) is 14.5. The Morgan fingerprint density at radius 2 is 1.80 bits per heavy atom. The molecule has 1 heterocycles. The lowest BCUT2D eigenvalue weighted by Crippen LogP contribution is -2.16. The van der Waals surface area contributed by atoms with Gasteiger partial charge in [0.15, 0.2) is 0 Å². The smallest absolute Gasteiger partial charge is 0.149 e. The number of anilines is 1. The third-order valence-electron chi connectivity index (χ3n) is 3.03. The lowest BCUT2D eigenvalue weighted by Gasteiger charge is -2.18. The van der Waals surface area contributed by atoms with Gasteiger partial charge in [-0.25, -0.2) is 8.78 Å². The van der Waals surface area contributed by atoms with Gasteiger partial charge in [-0.05, 0) is 12.1 Å². The van der Waals surface area contributed by atoms with Gasteiger partial charge in [-0.3, -0.25) is 4.68 Å². The van der Waals surface area contributed by atoms with Crippen LogP contribution >= 0.6 is 0 Å². The Bertz CT molecular complexity index is 592. The minimum atomic E-state index is -0.591. The van der Waals surface area contributed by atoms with Crippen LogP contribution in [0.4, 0.5) is 14.5 Å². The molecule has 0 aliphatic rings. The highest BCUT2D eigenvalue weighted by Gasteiger charge is 2.22. The number of nitrogens with one attached hydrogen (secondary N) is 1. The molecular formula is C15H19F2N3. The van der Waals surface area contributed by atoms with Crippen LogP contribution in [0.2, 0.25) is 0 Å². The van der Waals surface area contributed by atoms with E-state index < -0.39 is 11.6 Å². The molecule has 0 amide bonds. The summed E-state index contributed by atoms with van der Waals surface area (Å²) in [6.45, 7) is 6.51. The summed E-state index contributed by atoms with van der Waals surface area (Å²) in [5.74, 6) is -1.18. The molecule has 0 aliphatic heterocycles. The lowest BCUT2D eigenvalue weighted by molar-refractivity contribution is 0.548. The predicted molar refractivity (Wildman–Crippen MR) is 75.6 cm³/mol. The van der Waals surface area contributed by atoms with Gasteiger partial charge in [-0.15, -0.1) is 0 Å². The third kappa shape index (κ3) is 2.98. The SMILES string of the molecule is Cn1cc(CNc2c(F)cccc2F)c(C(C)(C)C)n1. The molecule has 2 aromatic rings. The van der Waals surface area contributed by atoms with Crippen molar-refractivity contribution in [2.75, 3.05) is 5.32 Å². The monoisotopic (exact) mass is 279 g/mol. The van der Waals surface area contributed by atoms with E-state index in [-0.39, 0.29) is 11.1 Å². The summed E-state index contributed by atoms with van der Waals surface area (Å²) in [6.07, 6.45) is 1.87. The Kier molecular flexibility index (Phi) is 3.79. The van der Waals surface area contributed by atoms with Crippen LogP contribution in [0.3, 0.4) is 0 Å². The highest BCUT2D eigenvalue weighted by molar-refractivity contribution is 5.46. The Hall–Kier alpha value is -1.91. The Morgan fingerprint density at radius 1 is 1.20 bits per heavy atom. The molecule has 0 saturated carbocycles. The molecule has 1 N–H and O–H groups in total. The van der Waals surface area contributed by atoms with Crippen molar-refractivity contribution in [3.8, 4) is 0 Å². The van der Waals surface area contributed by atoms with E-state index in [1.54, 1.807) is 4.68 Å². The fourth-order valence-corrected chi connectivity index (χ4v) is 2.15. The number of nitrogens with zero attached hydrogens (tertiary/aromatic N) is 2. The fourth-order valence-electron chi connectivity index (χ4n) is 2.15. The van der Waals surface area contributed by atoms with Gasteiger partial charge in [0.1, 0.15) is 17.3 Å². The molecule has 0 saturated heterocycles. The maximum Gasteiger partial charge on any atom is 0.149 e. The van der Waals surface area contributed by atoms with Crippen molar-refractivity contribution < 1.29 is 8.78 Å². The second kappa shape index (κ2) is 5.23. The van der Waals surface area contributed by atoms with Gasteiger partial charge in [0.2, 0.25) is 0 Å². The van der Waals surface area contributed by atoms with Crippen LogP contribution in [-0.4, -0.2) is 9.78 Å². The molecule has 1 aromatic carbocycles. The molecule has 3 nitrogen and oxygen atoms in total. The number of benzene rings is 1. The molecule has 0 fully saturated rings. The average Bonchev–Trinajstić information content (AvgIpc) is 2.70. The number of rotatable bonds is 3. The molecule has 0 radical (unpaired) electrons. The van der Waals surface area contributed by atoms with Crippen LogP contribution in [0, 0.1) is 11.6 Å². The van der Waals surface area contributed by atoms with Crippen LogP contribution in [0.5, 0.6) is 0 Å². The zero-order chi connectivity index (χ0) is 14.9. The second-order valence-electron chi connectivity index (χ2n) is 5.88. The molecule has 2 rings (SSSR count). The van der Waals surface area contributed by atoms with Crippen molar-refractivity contribution in [1.82, 2.24) is 9.78 Å². The number of hydrogen-bond acceptors (Lipinski definition) is 2. The van der Waals surface area contributed by atoms with E-state index in [0.29, 0.717) is 6.54 Å². The van der Waals surface area contributed by atoms with E-state index in [9.17, 15) is 8.78 Å². The summed E-state index contributed by atoms with van der Waals surface area (Å²) in [4.78, 5) is 0. The van der Waals surface area contributed by atoms with Crippen molar-refractivity contribution in [2.45, 2.75) is 32.7 Å². The number of aryl methyl sites for hydroxylation is 1. The van der Waals surface area contributed by atoms with Gasteiger partial charge in [-0.1, -0.05) is 26.8 Å². The largest absolute Gasteiger partial charge is 0.376 e. The fraction of sp³-hybridized carbons (Fsp3) is 0.400. The quantitative estimate of drug-likeness (QED) is 0.930. The van der Waals surface area contributed by atoms with Gasteiger partial charge < -0.3 is 5.32 Å². The van der Waals surface area contributed by atoms with Crippen LogP contribution in [0.25, 0.3) is 0 Å². The topological polar surface area (TPSA) is 29.9 Å². The zero-order valence-corrected chi connectivity index (χ0v) is 12.2. The van der Waals surface area contributed by atoms with Crippen molar-refractivity contribution in [2.24, 2.45) is 7.05 Å². The molecule has 1 aromatic heterocycles.